The molecule has 0 saturated carbocycles. The molecule has 1 amide bonds. The van der Waals surface area contributed by atoms with Crippen LogP contribution in [-0.2, 0) is 14.3 Å². The van der Waals surface area contributed by atoms with E-state index < -0.39 is 23.1 Å². The summed E-state index contributed by atoms with van der Waals surface area (Å²) in [5, 5.41) is 10.8. The number of aromatic nitrogens is 3. The lowest BCUT2D eigenvalue weighted by molar-refractivity contribution is -0.115. The third kappa shape index (κ3) is 5.57. The van der Waals surface area contributed by atoms with E-state index >= 15 is 0 Å². The fourth-order valence-electron chi connectivity index (χ4n) is 3.29. The van der Waals surface area contributed by atoms with Crippen LogP contribution >= 0.6 is 23.1 Å². The number of carbonyl (C=O) groups excluding carboxylic acids is 3. The molecule has 0 aliphatic heterocycles. The maximum Gasteiger partial charge on any atom is 0.348 e. The number of hydrogen-bond acceptors (Lipinski definition) is 12. The quantitative estimate of drug-likeness (QED) is 0.229. The number of methoxy groups -OCH3 is 1. The Hall–Kier alpha value is -3.97. The van der Waals surface area contributed by atoms with Gasteiger partial charge in [-0.2, -0.15) is 0 Å². The van der Waals surface area contributed by atoms with Gasteiger partial charge in [0.15, 0.2) is 17.2 Å². The number of rotatable bonds is 9. The molecule has 0 aliphatic rings. The second kappa shape index (κ2) is 11.4. The van der Waals surface area contributed by atoms with Crippen molar-refractivity contribution in [2.45, 2.75) is 31.2 Å². The van der Waals surface area contributed by atoms with Gasteiger partial charge in [-0.1, -0.05) is 11.8 Å². The number of hydrogen-bond donors (Lipinski definition) is 1. The summed E-state index contributed by atoms with van der Waals surface area (Å²) >= 11 is 2.01. The van der Waals surface area contributed by atoms with E-state index in [9.17, 15) is 14.4 Å². The predicted molar refractivity (Wildman–Crippen MR) is 136 cm³/mol. The van der Waals surface area contributed by atoms with Crippen LogP contribution < -0.4 is 5.32 Å². The van der Waals surface area contributed by atoms with Gasteiger partial charge < -0.3 is 23.6 Å². The molecular weight excluding hydrogens is 520 g/mol. The first kappa shape index (κ1) is 26.1. The van der Waals surface area contributed by atoms with Crippen LogP contribution in [0.2, 0.25) is 0 Å². The molecule has 37 heavy (non-hydrogen) atoms. The lowest BCUT2D eigenvalue weighted by Crippen LogP contribution is -2.23. The van der Waals surface area contributed by atoms with Crippen LogP contribution in [0.25, 0.3) is 22.9 Å². The molecule has 0 radical (unpaired) electrons. The minimum absolute atomic E-state index is 0.0990. The zero-order chi connectivity index (χ0) is 26.5. The Morgan fingerprint density at radius 2 is 1.76 bits per heavy atom. The molecule has 11 nitrogen and oxygen atoms in total. The molecule has 1 N–H and O–H groups in total. The minimum Gasteiger partial charge on any atom is -0.465 e. The summed E-state index contributed by atoms with van der Waals surface area (Å²) in [6.45, 7) is 5.10. The molecule has 0 bridgehead atoms. The van der Waals surface area contributed by atoms with Crippen LogP contribution in [0.1, 0.15) is 39.4 Å². The topological polar surface area (TPSA) is 147 Å². The number of nitrogens with one attached hydrogen (secondary N) is 1. The van der Waals surface area contributed by atoms with Crippen molar-refractivity contribution in [1.29, 1.82) is 0 Å². The standard InChI is InChI=1S/C24H22N4O7S2/c1-5-33-23(31)19-12(2)16(22(30)32-4)21(37-19)26-20(29)13(3)36-24-25-17(14-8-6-10-34-14)18(27-28-24)15-9-7-11-35-15/h6-11,13H,5H2,1-4H3,(H,26,29). The van der Waals surface area contributed by atoms with Gasteiger partial charge in [-0.15, -0.1) is 21.5 Å². The number of thiophene rings is 1. The molecule has 13 heteroatoms. The van der Waals surface area contributed by atoms with E-state index in [1.165, 1.54) is 19.6 Å². The van der Waals surface area contributed by atoms with Crippen molar-refractivity contribution in [3.05, 3.63) is 52.8 Å². The maximum absolute atomic E-state index is 13.1. The lowest BCUT2D eigenvalue weighted by Gasteiger charge is -2.12. The minimum atomic E-state index is -0.695. The molecule has 4 heterocycles. The van der Waals surface area contributed by atoms with Crippen molar-refractivity contribution in [1.82, 2.24) is 15.2 Å². The Kier molecular flexibility index (Phi) is 8.04. The first-order chi connectivity index (χ1) is 17.8. The average Bonchev–Trinajstić information content (AvgIpc) is 3.66. The molecular formula is C24H22N4O7S2. The van der Waals surface area contributed by atoms with E-state index in [2.05, 4.69) is 20.5 Å². The van der Waals surface area contributed by atoms with Crippen LogP contribution in [0.15, 0.2) is 50.8 Å². The highest BCUT2D eigenvalue weighted by atomic mass is 32.2. The van der Waals surface area contributed by atoms with Crippen molar-refractivity contribution in [3.8, 4) is 22.9 Å². The third-order valence-electron chi connectivity index (χ3n) is 5.06. The highest BCUT2D eigenvalue weighted by Crippen LogP contribution is 2.35. The molecule has 0 saturated heterocycles. The first-order valence-corrected chi connectivity index (χ1v) is 12.7. The van der Waals surface area contributed by atoms with Gasteiger partial charge in [0.05, 0.1) is 37.1 Å². The molecule has 0 aromatic carbocycles. The average molecular weight is 543 g/mol. The van der Waals surface area contributed by atoms with E-state index in [4.69, 9.17) is 18.3 Å². The monoisotopic (exact) mass is 542 g/mol. The van der Waals surface area contributed by atoms with Crippen molar-refractivity contribution in [2.75, 3.05) is 19.0 Å². The smallest absolute Gasteiger partial charge is 0.348 e. The van der Waals surface area contributed by atoms with E-state index in [1.54, 1.807) is 45.0 Å². The molecule has 0 spiro atoms. The zero-order valence-electron chi connectivity index (χ0n) is 20.3. The van der Waals surface area contributed by atoms with Crippen molar-refractivity contribution in [2.24, 2.45) is 0 Å². The Labute approximate surface area is 219 Å². The van der Waals surface area contributed by atoms with Gasteiger partial charge in [-0.25, -0.2) is 14.6 Å². The van der Waals surface area contributed by atoms with E-state index in [0.29, 0.717) is 28.5 Å². The van der Waals surface area contributed by atoms with E-state index in [0.717, 1.165) is 23.1 Å². The first-order valence-electron chi connectivity index (χ1n) is 11.0. The second-order valence-corrected chi connectivity index (χ2v) is 9.80. The largest absolute Gasteiger partial charge is 0.465 e. The fraction of sp³-hybridized carbons (Fsp3) is 0.250. The van der Waals surface area contributed by atoms with E-state index in [1.807, 2.05) is 0 Å². The highest BCUT2D eigenvalue weighted by molar-refractivity contribution is 8.00. The van der Waals surface area contributed by atoms with Crippen LogP contribution in [0.4, 0.5) is 5.00 Å². The summed E-state index contributed by atoms with van der Waals surface area (Å²) in [7, 11) is 1.22. The van der Waals surface area contributed by atoms with Gasteiger partial charge in [0.2, 0.25) is 11.1 Å². The number of thioether (sulfide) groups is 1. The number of amides is 1. The normalized spacial score (nSPS) is 11.7. The predicted octanol–water partition coefficient (Wildman–Crippen LogP) is 4.84. The second-order valence-electron chi connectivity index (χ2n) is 7.47. The number of nitrogens with zero attached hydrogens (tertiary/aromatic N) is 3. The number of esters is 2. The Balaban J connectivity index is 1.57. The number of anilines is 1. The van der Waals surface area contributed by atoms with E-state index in [-0.39, 0.29) is 27.2 Å². The molecule has 4 aromatic rings. The molecule has 0 fully saturated rings. The van der Waals surface area contributed by atoms with Crippen molar-refractivity contribution >= 4 is 45.9 Å². The lowest BCUT2D eigenvalue weighted by atomic mass is 10.1. The maximum atomic E-state index is 13.1. The van der Waals surface area contributed by atoms with Crippen molar-refractivity contribution in [3.63, 3.8) is 0 Å². The molecule has 4 aromatic heterocycles. The SMILES string of the molecule is CCOC(=O)c1sc(NC(=O)C(C)Sc2nnc(-c3ccco3)c(-c3ccco3)n2)c(C(=O)OC)c1C. The Morgan fingerprint density at radius 3 is 2.35 bits per heavy atom. The molecule has 1 atom stereocenters. The zero-order valence-corrected chi connectivity index (χ0v) is 21.9. The highest BCUT2D eigenvalue weighted by Gasteiger charge is 2.28. The molecule has 0 aliphatic carbocycles. The van der Waals surface area contributed by atoms with Crippen molar-refractivity contribution < 1.29 is 32.7 Å². The number of carbonyl (C=O) groups is 3. The molecule has 1 unspecified atom stereocenters. The van der Waals surface area contributed by atoms with Gasteiger partial charge in [-0.05, 0) is 50.6 Å². The summed E-state index contributed by atoms with van der Waals surface area (Å²) < 4.78 is 20.9. The van der Waals surface area contributed by atoms with Gasteiger partial charge in [-0.3, -0.25) is 4.79 Å². The summed E-state index contributed by atoms with van der Waals surface area (Å²) in [5.74, 6) is -0.771. The van der Waals surface area contributed by atoms with Gasteiger partial charge >= 0.3 is 11.9 Å². The van der Waals surface area contributed by atoms with Crippen LogP contribution in [0.5, 0.6) is 0 Å². The summed E-state index contributed by atoms with van der Waals surface area (Å²) in [4.78, 5) is 42.5. The van der Waals surface area contributed by atoms with Gasteiger partial charge in [0.25, 0.3) is 0 Å². The number of ether oxygens (including phenoxy) is 2. The summed E-state index contributed by atoms with van der Waals surface area (Å²) in [6.07, 6.45) is 3.03. The summed E-state index contributed by atoms with van der Waals surface area (Å²) in [5.41, 5.74) is 1.27. The van der Waals surface area contributed by atoms with Crippen LogP contribution in [-0.4, -0.2) is 52.0 Å². The van der Waals surface area contributed by atoms with Gasteiger partial charge in [0.1, 0.15) is 15.6 Å². The third-order valence-corrected chi connectivity index (χ3v) is 7.20. The Morgan fingerprint density at radius 1 is 1.08 bits per heavy atom. The Bertz CT molecular complexity index is 1420. The fourth-order valence-corrected chi connectivity index (χ4v) is 5.10. The molecule has 4 rings (SSSR count). The molecule has 192 valence electrons. The van der Waals surface area contributed by atoms with Crippen LogP contribution in [0.3, 0.4) is 0 Å². The van der Waals surface area contributed by atoms with Crippen LogP contribution in [0, 0.1) is 6.92 Å². The summed E-state index contributed by atoms with van der Waals surface area (Å²) in [6, 6.07) is 6.90. The van der Waals surface area contributed by atoms with Gasteiger partial charge in [0, 0.05) is 0 Å². The number of furan rings is 2.